The third-order valence-corrected chi connectivity index (χ3v) is 3.83. The summed E-state index contributed by atoms with van der Waals surface area (Å²) in [5, 5.41) is 2.69. The van der Waals surface area contributed by atoms with Gasteiger partial charge in [0.05, 0.1) is 13.2 Å². The number of amides is 1. The minimum Gasteiger partial charge on any atom is -0.490 e. The van der Waals surface area contributed by atoms with Crippen LogP contribution in [-0.2, 0) is 4.79 Å². The molecule has 0 saturated heterocycles. The minimum absolute atomic E-state index is 0.100. The number of hydrogen-bond acceptors (Lipinski definition) is 5. The van der Waals surface area contributed by atoms with E-state index in [0.29, 0.717) is 36.1 Å². The molecule has 6 heteroatoms. The highest BCUT2D eigenvalue weighted by molar-refractivity contribution is 6.00. The molecule has 0 spiro atoms. The Bertz CT molecular complexity index is 771. The van der Waals surface area contributed by atoms with Crippen molar-refractivity contribution in [1.29, 1.82) is 0 Å². The van der Waals surface area contributed by atoms with Crippen LogP contribution in [0.3, 0.4) is 0 Å². The molecule has 1 amide bonds. The zero-order valence-electron chi connectivity index (χ0n) is 14.1. The lowest BCUT2D eigenvalue weighted by molar-refractivity contribution is -0.116. The zero-order chi connectivity index (χ0) is 17.6. The maximum absolute atomic E-state index is 12.3. The van der Waals surface area contributed by atoms with Gasteiger partial charge in [-0.15, -0.1) is 0 Å². The van der Waals surface area contributed by atoms with Gasteiger partial charge in [-0.05, 0) is 36.8 Å². The van der Waals surface area contributed by atoms with Crippen LogP contribution in [0.2, 0.25) is 0 Å². The number of fused-ring (bicyclic) bond motifs is 1. The number of anilines is 1. The number of Topliss-reactive ketones (excluding diaryl/α,β-unsaturated/α-hetero) is 1. The second-order valence-corrected chi connectivity index (χ2v) is 5.90. The molecule has 1 N–H and O–H groups in total. The maximum atomic E-state index is 12.3. The van der Waals surface area contributed by atoms with Crippen molar-refractivity contribution in [3.8, 4) is 11.5 Å². The van der Waals surface area contributed by atoms with Gasteiger partial charge in [0, 0.05) is 31.0 Å². The highest BCUT2D eigenvalue weighted by atomic mass is 16.5. The van der Waals surface area contributed by atoms with Crippen LogP contribution in [0.4, 0.5) is 5.82 Å². The van der Waals surface area contributed by atoms with Crippen LogP contribution in [-0.4, -0.2) is 29.9 Å². The number of benzene rings is 1. The number of ether oxygens (including phenoxy) is 2. The van der Waals surface area contributed by atoms with Crippen molar-refractivity contribution >= 4 is 17.5 Å². The second kappa shape index (κ2) is 7.79. The van der Waals surface area contributed by atoms with E-state index in [4.69, 9.17) is 9.47 Å². The van der Waals surface area contributed by atoms with E-state index in [1.807, 2.05) is 13.0 Å². The lowest BCUT2D eigenvalue weighted by Gasteiger charge is -2.09. The third-order valence-electron chi connectivity index (χ3n) is 3.83. The molecule has 0 saturated carbocycles. The van der Waals surface area contributed by atoms with Gasteiger partial charge >= 0.3 is 0 Å². The summed E-state index contributed by atoms with van der Waals surface area (Å²) in [5.74, 6) is 1.37. The molecule has 0 fully saturated rings. The molecule has 6 nitrogen and oxygen atoms in total. The summed E-state index contributed by atoms with van der Waals surface area (Å²) < 4.78 is 11.1. The lowest BCUT2D eigenvalue weighted by Crippen LogP contribution is -2.14. The normalized spacial score (nSPS) is 13.0. The van der Waals surface area contributed by atoms with Crippen molar-refractivity contribution in [1.82, 2.24) is 4.98 Å². The first-order chi connectivity index (χ1) is 12.1. The van der Waals surface area contributed by atoms with E-state index in [2.05, 4.69) is 10.3 Å². The molecule has 1 aromatic carbocycles. The van der Waals surface area contributed by atoms with Crippen molar-refractivity contribution in [2.75, 3.05) is 18.5 Å². The smallest absolute Gasteiger partial charge is 0.225 e. The molecule has 130 valence electrons. The first kappa shape index (κ1) is 17.0. The van der Waals surface area contributed by atoms with Crippen molar-refractivity contribution in [3.05, 3.63) is 47.7 Å². The van der Waals surface area contributed by atoms with Gasteiger partial charge in [-0.25, -0.2) is 4.98 Å². The molecule has 0 atom stereocenters. The summed E-state index contributed by atoms with van der Waals surface area (Å²) in [5.41, 5.74) is 1.54. The summed E-state index contributed by atoms with van der Waals surface area (Å²) in [4.78, 5) is 28.4. The summed E-state index contributed by atoms with van der Waals surface area (Å²) >= 11 is 0. The Kier molecular flexibility index (Phi) is 5.28. The van der Waals surface area contributed by atoms with E-state index in [9.17, 15) is 9.59 Å². The number of ketones is 1. The van der Waals surface area contributed by atoms with Crippen LogP contribution in [0.15, 0.2) is 36.5 Å². The van der Waals surface area contributed by atoms with Crippen LogP contribution in [0, 0.1) is 6.92 Å². The van der Waals surface area contributed by atoms with Gasteiger partial charge < -0.3 is 14.8 Å². The second-order valence-electron chi connectivity index (χ2n) is 5.90. The topological polar surface area (TPSA) is 77.5 Å². The molecular formula is C19H20N2O4. The van der Waals surface area contributed by atoms with Crippen molar-refractivity contribution < 1.29 is 19.1 Å². The van der Waals surface area contributed by atoms with Gasteiger partial charge in [-0.2, -0.15) is 0 Å². The van der Waals surface area contributed by atoms with E-state index in [0.717, 1.165) is 12.0 Å². The molecule has 0 unspecified atom stereocenters. The Labute approximate surface area is 146 Å². The SMILES string of the molecule is Cc1ccc(NC(=O)CCC(=O)c2ccc3c(c2)OCCCO3)nc1. The Hall–Kier alpha value is -2.89. The van der Waals surface area contributed by atoms with Crippen molar-refractivity contribution in [3.63, 3.8) is 0 Å². The number of nitrogens with one attached hydrogen (secondary N) is 1. The fourth-order valence-electron chi connectivity index (χ4n) is 2.46. The predicted molar refractivity (Wildman–Crippen MR) is 93.2 cm³/mol. The summed E-state index contributed by atoms with van der Waals surface area (Å²) in [6.07, 6.45) is 2.71. The highest BCUT2D eigenvalue weighted by Crippen LogP contribution is 2.30. The number of hydrogen-bond donors (Lipinski definition) is 1. The Morgan fingerprint density at radius 3 is 2.64 bits per heavy atom. The summed E-state index contributed by atoms with van der Waals surface area (Å²) in [6, 6.07) is 8.73. The molecule has 2 aromatic rings. The van der Waals surface area contributed by atoms with Gasteiger partial charge in [-0.1, -0.05) is 6.07 Å². The molecule has 2 heterocycles. The van der Waals surface area contributed by atoms with Crippen molar-refractivity contribution in [2.45, 2.75) is 26.2 Å². The molecule has 1 aliphatic heterocycles. The predicted octanol–water partition coefficient (Wildman–Crippen LogP) is 3.15. The number of carbonyl (C=O) groups is 2. The van der Waals surface area contributed by atoms with Crippen LogP contribution < -0.4 is 14.8 Å². The molecule has 0 radical (unpaired) electrons. The largest absolute Gasteiger partial charge is 0.490 e. The fraction of sp³-hybridized carbons (Fsp3) is 0.316. The molecule has 1 aromatic heterocycles. The number of aryl methyl sites for hydroxylation is 1. The van der Waals surface area contributed by atoms with Gasteiger partial charge in [0.15, 0.2) is 17.3 Å². The van der Waals surface area contributed by atoms with Crippen LogP contribution in [0.1, 0.15) is 35.2 Å². The van der Waals surface area contributed by atoms with Gasteiger partial charge in [0.1, 0.15) is 5.82 Å². The van der Waals surface area contributed by atoms with Gasteiger partial charge in [0.2, 0.25) is 5.91 Å². The maximum Gasteiger partial charge on any atom is 0.225 e. The van der Waals surface area contributed by atoms with E-state index in [1.54, 1.807) is 30.5 Å². The van der Waals surface area contributed by atoms with Crippen LogP contribution in [0.5, 0.6) is 11.5 Å². The van der Waals surface area contributed by atoms with Crippen LogP contribution in [0.25, 0.3) is 0 Å². The van der Waals surface area contributed by atoms with Gasteiger partial charge in [0.25, 0.3) is 0 Å². The molecule has 25 heavy (non-hydrogen) atoms. The zero-order valence-corrected chi connectivity index (χ0v) is 14.1. The van der Waals surface area contributed by atoms with E-state index >= 15 is 0 Å². The standard InChI is InChI=1S/C19H20N2O4/c1-13-3-7-18(20-12-13)21-19(23)8-5-15(22)14-4-6-16-17(11-14)25-10-2-9-24-16/h3-4,6-7,11-12H,2,5,8-10H2,1H3,(H,20,21,23). The number of pyridine rings is 1. The van der Waals surface area contributed by atoms with E-state index < -0.39 is 0 Å². The Balaban J connectivity index is 1.56. The lowest BCUT2D eigenvalue weighted by atomic mass is 10.1. The Morgan fingerprint density at radius 1 is 1.08 bits per heavy atom. The number of carbonyl (C=O) groups excluding carboxylic acids is 2. The quantitative estimate of drug-likeness (QED) is 0.846. The molecular weight excluding hydrogens is 320 g/mol. The van der Waals surface area contributed by atoms with Crippen molar-refractivity contribution in [2.24, 2.45) is 0 Å². The molecule has 0 aliphatic carbocycles. The molecule has 1 aliphatic rings. The number of nitrogens with zero attached hydrogens (tertiary/aromatic N) is 1. The van der Waals surface area contributed by atoms with Gasteiger partial charge in [-0.3, -0.25) is 9.59 Å². The number of aromatic nitrogens is 1. The van der Waals surface area contributed by atoms with E-state index in [1.165, 1.54) is 0 Å². The monoisotopic (exact) mass is 340 g/mol. The average molecular weight is 340 g/mol. The molecule has 3 rings (SSSR count). The average Bonchev–Trinajstić information content (AvgIpc) is 2.86. The minimum atomic E-state index is -0.237. The third kappa shape index (κ3) is 4.56. The van der Waals surface area contributed by atoms with Crippen LogP contribution >= 0.6 is 0 Å². The van der Waals surface area contributed by atoms with E-state index in [-0.39, 0.29) is 24.5 Å². The summed E-state index contributed by atoms with van der Waals surface area (Å²) in [6.45, 7) is 3.09. The first-order valence-electron chi connectivity index (χ1n) is 8.27. The fourth-order valence-corrected chi connectivity index (χ4v) is 2.46. The first-order valence-corrected chi connectivity index (χ1v) is 8.27. The highest BCUT2D eigenvalue weighted by Gasteiger charge is 2.15. The number of rotatable bonds is 5. The summed E-state index contributed by atoms with van der Waals surface area (Å²) in [7, 11) is 0. The Morgan fingerprint density at radius 2 is 1.88 bits per heavy atom. The molecule has 0 bridgehead atoms.